The van der Waals surface area contributed by atoms with Crippen LogP contribution in [-0.2, 0) is 16.0 Å². The molecule has 0 spiro atoms. The Labute approximate surface area is 118 Å². The molecule has 1 amide bonds. The number of benzene rings is 1. The monoisotopic (exact) mass is 273 g/mol. The third kappa shape index (κ3) is 2.69. The minimum atomic E-state index is -0.681. The zero-order chi connectivity index (χ0) is 13.9. The van der Waals surface area contributed by atoms with Crippen LogP contribution in [0.15, 0.2) is 24.3 Å². The number of cyclic esters (lactones) is 1. The van der Waals surface area contributed by atoms with Crippen molar-refractivity contribution in [2.75, 3.05) is 0 Å². The molecule has 20 heavy (non-hydrogen) atoms. The summed E-state index contributed by atoms with van der Waals surface area (Å²) in [6, 6.07) is 7.56. The molecule has 1 aliphatic heterocycles. The standard InChI is InChI=1S/C16H19NO3/c18-15(17-12-7-2-1-3-8-12)14-10-11-6-4-5-9-13(11)16(19)20-14/h4-6,9,12,14H,1-3,7-8,10H2,(H,17,18). The molecule has 0 radical (unpaired) electrons. The summed E-state index contributed by atoms with van der Waals surface area (Å²) in [6.45, 7) is 0. The maximum atomic E-state index is 12.2. The molecular formula is C16H19NO3. The predicted molar refractivity (Wildman–Crippen MR) is 74.4 cm³/mol. The lowest BCUT2D eigenvalue weighted by molar-refractivity contribution is -0.131. The first-order valence-corrected chi connectivity index (χ1v) is 7.33. The Kier molecular flexibility index (Phi) is 3.72. The minimum absolute atomic E-state index is 0.153. The van der Waals surface area contributed by atoms with Crippen LogP contribution < -0.4 is 5.32 Å². The number of carbonyl (C=O) groups is 2. The van der Waals surface area contributed by atoms with E-state index in [9.17, 15) is 9.59 Å². The van der Waals surface area contributed by atoms with E-state index in [0.29, 0.717) is 12.0 Å². The van der Waals surface area contributed by atoms with E-state index >= 15 is 0 Å². The first-order valence-electron chi connectivity index (χ1n) is 7.33. The van der Waals surface area contributed by atoms with E-state index in [2.05, 4.69) is 5.32 Å². The van der Waals surface area contributed by atoms with Crippen LogP contribution in [0.25, 0.3) is 0 Å². The number of hydrogen-bond donors (Lipinski definition) is 1. The molecule has 1 aromatic carbocycles. The quantitative estimate of drug-likeness (QED) is 0.841. The normalized spacial score (nSPS) is 22.8. The second kappa shape index (κ2) is 5.65. The van der Waals surface area contributed by atoms with Crippen LogP contribution in [-0.4, -0.2) is 24.0 Å². The fourth-order valence-corrected chi connectivity index (χ4v) is 3.02. The van der Waals surface area contributed by atoms with Gasteiger partial charge < -0.3 is 10.1 Å². The number of nitrogens with one attached hydrogen (secondary N) is 1. The van der Waals surface area contributed by atoms with E-state index in [1.807, 2.05) is 18.2 Å². The molecule has 1 heterocycles. The van der Waals surface area contributed by atoms with Gasteiger partial charge in [-0.05, 0) is 24.5 Å². The number of fused-ring (bicyclic) bond motifs is 1. The largest absolute Gasteiger partial charge is 0.448 e. The average Bonchev–Trinajstić information content (AvgIpc) is 2.48. The molecule has 0 aromatic heterocycles. The number of ether oxygens (including phenoxy) is 1. The fourth-order valence-electron chi connectivity index (χ4n) is 3.02. The van der Waals surface area contributed by atoms with E-state index in [1.54, 1.807) is 6.07 Å². The van der Waals surface area contributed by atoms with Crippen molar-refractivity contribution < 1.29 is 14.3 Å². The van der Waals surface area contributed by atoms with Crippen molar-refractivity contribution in [3.63, 3.8) is 0 Å². The van der Waals surface area contributed by atoms with Gasteiger partial charge in [-0.2, -0.15) is 0 Å². The summed E-state index contributed by atoms with van der Waals surface area (Å²) < 4.78 is 5.27. The van der Waals surface area contributed by atoms with Gasteiger partial charge in [-0.15, -0.1) is 0 Å². The highest BCUT2D eigenvalue weighted by atomic mass is 16.5. The van der Waals surface area contributed by atoms with Gasteiger partial charge in [0.05, 0.1) is 5.56 Å². The molecule has 4 heteroatoms. The lowest BCUT2D eigenvalue weighted by Gasteiger charge is -2.28. The van der Waals surface area contributed by atoms with Crippen molar-refractivity contribution in [2.24, 2.45) is 0 Å². The summed E-state index contributed by atoms with van der Waals surface area (Å²) in [4.78, 5) is 24.1. The Balaban J connectivity index is 1.66. The van der Waals surface area contributed by atoms with E-state index < -0.39 is 12.1 Å². The SMILES string of the molecule is O=C1OC(C(=O)NC2CCCCC2)Cc2ccccc21. The zero-order valence-corrected chi connectivity index (χ0v) is 11.4. The van der Waals surface area contributed by atoms with E-state index in [4.69, 9.17) is 4.74 Å². The highest BCUT2D eigenvalue weighted by molar-refractivity contribution is 5.95. The Morgan fingerprint density at radius 1 is 1.15 bits per heavy atom. The predicted octanol–water partition coefficient (Wildman–Crippen LogP) is 2.22. The van der Waals surface area contributed by atoms with Gasteiger partial charge in [-0.3, -0.25) is 4.79 Å². The Bertz CT molecular complexity index is 520. The number of esters is 1. The third-order valence-electron chi connectivity index (χ3n) is 4.14. The number of rotatable bonds is 2. The summed E-state index contributed by atoms with van der Waals surface area (Å²) in [5, 5.41) is 3.02. The average molecular weight is 273 g/mol. The van der Waals surface area contributed by atoms with E-state index in [-0.39, 0.29) is 11.9 Å². The zero-order valence-electron chi connectivity index (χ0n) is 11.4. The Morgan fingerprint density at radius 2 is 1.90 bits per heavy atom. The van der Waals surface area contributed by atoms with Gasteiger partial charge in [0.25, 0.3) is 5.91 Å². The van der Waals surface area contributed by atoms with Crippen molar-refractivity contribution in [2.45, 2.75) is 50.7 Å². The molecule has 0 bridgehead atoms. The molecule has 0 saturated heterocycles. The van der Waals surface area contributed by atoms with Crippen LogP contribution in [0.5, 0.6) is 0 Å². The van der Waals surface area contributed by atoms with Gasteiger partial charge in [0.1, 0.15) is 0 Å². The molecule has 4 nitrogen and oxygen atoms in total. The summed E-state index contributed by atoms with van der Waals surface area (Å²) >= 11 is 0. The summed E-state index contributed by atoms with van der Waals surface area (Å²) in [5.41, 5.74) is 1.47. The van der Waals surface area contributed by atoms with Gasteiger partial charge in [-0.25, -0.2) is 4.79 Å². The third-order valence-corrected chi connectivity index (χ3v) is 4.14. The fraction of sp³-hybridized carbons (Fsp3) is 0.500. The lowest BCUT2D eigenvalue weighted by atomic mass is 9.94. The summed E-state index contributed by atoms with van der Waals surface area (Å²) in [7, 11) is 0. The maximum absolute atomic E-state index is 12.2. The molecular weight excluding hydrogens is 254 g/mol. The molecule has 1 fully saturated rings. The summed E-state index contributed by atoms with van der Waals surface area (Å²) in [6.07, 6.45) is 5.43. The van der Waals surface area contributed by atoms with E-state index in [1.165, 1.54) is 6.42 Å². The maximum Gasteiger partial charge on any atom is 0.339 e. The first-order chi connectivity index (χ1) is 9.74. The molecule has 1 N–H and O–H groups in total. The second-order valence-corrected chi connectivity index (χ2v) is 5.60. The van der Waals surface area contributed by atoms with Crippen molar-refractivity contribution >= 4 is 11.9 Å². The first kappa shape index (κ1) is 13.2. The topological polar surface area (TPSA) is 55.4 Å². The Hall–Kier alpha value is -1.84. The summed E-state index contributed by atoms with van der Waals surface area (Å²) in [5.74, 6) is -0.546. The van der Waals surface area contributed by atoms with Gasteiger partial charge >= 0.3 is 5.97 Å². The van der Waals surface area contributed by atoms with Crippen LogP contribution in [0.3, 0.4) is 0 Å². The number of amides is 1. The molecule has 106 valence electrons. The van der Waals surface area contributed by atoms with Gasteiger partial charge in [0, 0.05) is 12.5 Å². The van der Waals surface area contributed by atoms with Crippen molar-refractivity contribution in [1.29, 1.82) is 0 Å². The van der Waals surface area contributed by atoms with Crippen molar-refractivity contribution in [3.8, 4) is 0 Å². The number of carbonyl (C=O) groups excluding carboxylic acids is 2. The molecule has 1 atom stereocenters. The molecule has 1 saturated carbocycles. The van der Waals surface area contributed by atoms with Gasteiger partial charge in [0.15, 0.2) is 6.10 Å². The second-order valence-electron chi connectivity index (χ2n) is 5.60. The van der Waals surface area contributed by atoms with Crippen LogP contribution in [0.2, 0.25) is 0 Å². The van der Waals surface area contributed by atoms with Crippen molar-refractivity contribution in [3.05, 3.63) is 35.4 Å². The highest BCUT2D eigenvalue weighted by Gasteiger charge is 2.32. The van der Waals surface area contributed by atoms with Gasteiger partial charge in [-0.1, -0.05) is 37.5 Å². The highest BCUT2D eigenvalue weighted by Crippen LogP contribution is 2.22. The van der Waals surface area contributed by atoms with Crippen LogP contribution in [0.4, 0.5) is 0 Å². The molecule has 1 aliphatic carbocycles. The van der Waals surface area contributed by atoms with Crippen LogP contribution in [0.1, 0.15) is 48.0 Å². The molecule has 2 aliphatic rings. The van der Waals surface area contributed by atoms with E-state index in [0.717, 1.165) is 31.2 Å². The van der Waals surface area contributed by atoms with Gasteiger partial charge in [0.2, 0.25) is 0 Å². The minimum Gasteiger partial charge on any atom is -0.448 e. The molecule has 1 unspecified atom stereocenters. The lowest BCUT2D eigenvalue weighted by Crippen LogP contribution is -2.46. The Morgan fingerprint density at radius 3 is 2.70 bits per heavy atom. The molecule has 3 rings (SSSR count). The number of hydrogen-bond acceptors (Lipinski definition) is 3. The van der Waals surface area contributed by atoms with Crippen molar-refractivity contribution in [1.82, 2.24) is 5.32 Å². The molecule has 1 aromatic rings. The van der Waals surface area contributed by atoms with Crippen LogP contribution >= 0.6 is 0 Å². The van der Waals surface area contributed by atoms with Crippen LogP contribution in [0, 0.1) is 0 Å². The smallest absolute Gasteiger partial charge is 0.339 e.